The lowest BCUT2D eigenvalue weighted by molar-refractivity contribution is -0.929. The Morgan fingerprint density at radius 2 is 0.842 bits per heavy atom. The maximum absolute atomic E-state index is 12.3. The van der Waals surface area contributed by atoms with Gasteiger partial charge in [-0.2, -0.15) is 0 Å². The van der Waals surface area contributed by atoms with E-state index in [9.17, 15) is 18.0 Å². The third-order valence-corrected chi connectivity index (χ3v) is 8.55. The van der Waals surface area contributed by atoms with Crippen LogP contribution in [-0.4, -0.2) is 61.2 Å². The van der Waals surface area contributed by atoms with Crippen molar-refractivity contribution in [2.75, 3.05) is 26.2 Å². The number of carboxylic acids is 2. The SMILES string of the molecule is CCCC[N+](CCCC)(CCCC)CCCC.O=C(O)c1ccc(S(=O)(=O)c2ccc(C(=O)O)cc2)cc1. The maximum atomic E-state index is 12.3. The van der Waals surface area contributed by atoms with Crippen molar-refractivity contribution in [1.82, 2.24) is 0 Å². The van der Waals surface area contributed by atoms with Gasteiger partial charge < -0.3 is 14.7 Å². The number of carboxylic acid groups (broad SMARTS) is 2. The van der Waals surface area contributed by atoms with E-state index < -0.39 is 21.8 Å². The van der Waals surface area contributed by atoms with Crippen molar-refractivity contribution in [3.8, 4) is 0 Å². The summed E-state index contributed by atoms with van der Waals surface area (Å²) in [5, 5.41) is 17.5. The van der Waals surface area contributed by atoms with Gasteiger partial charge in [-0.25, -0.2) is 18.0 Å². The number of hydrogen-bond acceptors (Lipinski definition) is 4. The van der Waals surface area contributed by atoms with E-state index in [0.717, 1.165) is 0 Å². The summed E-state index contributed by atoms with van der Waals surface area (Å²) in [4.78, 5) is 21.3. The predicted molar refractivity (Wildman–Crippen MR) is 152 cm³/mol. The summed E-state index contributed by atoms with van der Waals surface area (Å²) in [6, 6.07) is 9.57. The van der Waals surface area contributed by atoms with E-state index in [2.05, 4.69) is 27.7 Å². The van der Waals surface area contributed by atoms with E-state index in [0.29, 0.717) is 0 Å². The summed E-state index contributed by atoms with van der Waals surface area (Å²) in [5.74, 6) is -2.30. The first-order valence-electron chi connectivity index (χ1n) is 13.8. The van der Waals surface area contributed by atoms with Gasteiger partial charge in [-0.15, -0.1) is 0 Å². The second kappa shape index (κ2) is 17.0. The normalized spacial score (nSPS) is 11.5. The molecule has 0 radical (unpaired) electrons. The molecule has 0 aliphatic rings. The monoisotopic (exact) mass is 548 g/mol. The molecule has 2 aromatic carbocycles. The molecule has 0 heterocycles. The largest absolute Gasteiger partial charge is 0.478 e. The van der Waals surface area contributed by atoms with Gasteiger partial charge in [0.2, 0.25) is 9.84 Å². The zero-order valence-corrected chi connectivity index (χ0v) is 24.3. The molecule has 0 bridgehead atoms. The van der Waals surface area contributed by atoms with Crippen LogP contribution in [0.25, 0.3) is 0 Å². The second-order valence-corrected chi connectivity index (χ2v) is 11.8. The minimum atomic E-state index is -3.81. The Labute approximate surface area is 229 Å². The third-order valence-electron chi connectivity index (χ3n) is 6.77. The summed E-state index contributed by atoms with van der Waals surface area (Å²) >= 11 is 0. The first kappa shape index (κ1) is 33.3. The Morgan fingerprint density at radius 3 is 1.05 bits per heavy atom. The van der Waals surface area contributed by atoms with E-state index in [1.165, 1.54) is 131 Å². The van der Waals surface area contributed by atoms with Gasteiger partial charge in [-0.05, 0) is 74.2 Å². The number of sulfone groups is 1. The molecule has 0 amide bonds. The number of rotatable bonds is 16. The minimum Gasteiger partial charge on any atom is -0.478 e. The van der Waals surface area contributed by atoms with Gasteiger partial charge in [-0.3, -0.25) is 0 Å². The molecular weight excluding hydrogens is 502 g/mol. The number of aromatic carboxylic acids is 2. The summed E-state index contributed by atoms with van der Waals surface area (Å²) in [7, 11) is -3.81. The molecule has 2 rings (SSSR count). The van der Waals surface area contributed by atoms with E-state index in [1.54, 1.807) is 0 Å². The Hall–Kier alpha value is -2.71. The highest BCUT2D eigenvalue weighted by Crippen LogP contribution is 2.22. The van der Waals surface area contributed by atoms with Crippen LogP contribution in [0.2, 0.25) is 0 Å². The number of carbonyl (C=O) groups is 2. The van der Waals surface area contributed by atoms with Crippen LogP contribution in [0.15, 0.2) is 58.3 Å². The van der Waals surface area contributed by atoms with E-state index in [4.69, 9.17) is 10.2 Å². The maximum Gasteiger partial charge on any atom is 0.335 e. The molecule has 0 saturated heterocycles. The lowest BCUT2D eigenvalue weighted by Gasteiger charge is -2.39. The van der Waals surface area contributed by atoms with Crippen LogP contribution in [0.3, 0.4) is 0 Å². The molecule has 7 nitrogen and oxygen atoms in total. The molecular formula is C30H46NO6S+. The highest BCUT2D eigenvalue weighted by molar-refractivity contribution is 7.91. The molecule has 2 N–H and O–H groups in total. The molecule has 2 aromatic rings. The zero-order valence-electron chi connectivity index (χ0n) is 23.5. The van der Waals surface area contributed by atoms with Crippen LogP contribution < -0.4 is 0 Å². The van der Waals surface area contributed by atoms with Crippen LogP contribution >= 0.6 is 0 Å². The van der Waals surface area contributed by atoms with Crippen LogP contribution in [0, 0.1) is 0 Å². The second-order valence-electron chi connectivity index (χ2n) is 9.81. The Balaban J connectivity index is 0.000000391. The van der Waals surface area contributed by atoms with Gasteiger partial charge >= 0.3 is 11.9 Å². The summed E-state index contributed by atoms with van der Waals surface area (Å²) in [6.45, 7) is 15.0. The fourth-order valence-electron chi connectivity index (χ4n) is 4.33. The molecule has 0 atom stereocenters. The molecule has 0 unspecified atom stereocenters. The zero-order chi connectivity index (χ0) is 28.6. The third kappa shape index (κ3) is 10.6. The first-order valence-corrected chi connectivity index (χ1v) is 15.3. The van der Waals surface area contributed by atoms with Crippen molar-refractivity contribution < 1.29 is 32.7 Å². The summed E-state index contributed by atoms with van der Waals surface area (Å²) in [6.07, 6.45) is 11.1. The van der Waals surface area contributed by atoms with Crippen molar-refractivity contribution in [3.05, 3.63) is 59.7 Å². The summed E-state index contributed by atoms with van der Waals surface area (Å²) < 4.78 is 26.0. The lowest BCUT2D eigenvalue weighted by atomic mass is 10.1. The average molecular weight is 549 g/mol. The molecule has 0 spiro atoms. The quantitative estimate of drug-likeness (QED) is 0.220. The van der Waals surface area contributed by atoms with Crippen LogP contribution in [0.5, 0.6) is 0 Å². The van der Waals surface area contributed by atoms with Crippen molar-refractivity contribution in [2.45, 2.75) is 88.9 Å². The standard InChI is InChI=1S/C16H36N.C14H10O6S/c1-5-9-13-17(14-10-6-2,15-11-7-3)16-12-8-4;15-13(16)9-1-5-11(6-2-9)21(19,20)12-7-3-10(4-8-12)14(17)18/h5-16H2,1-4H3;1-8H,(H,15,16)(H,17,18)/q+1;. The van der Waals surface area contributed by atoms with Crippen LogP contribution in [0.1, 0.15) is 99.8 Å². The molecule has 0 aromatic heterocycles. The first-order chi connectivity index (χ1) is 18.1. The topological polar surface area (TPSA) is 109 Å². The predicted octanol–water partition coefficient (Wildman–Crippen LogP) is 6.92. The number of unbranched alkanes of at least 4 members (excludes halogenated alkanes) is 4. The smallest absolute Gasteiger partial charge is 0.335 e. The molecule has 0 aliphatic carbocycles. The fourth-order valence-corrected chi connectivity index (χ4v) is 5.60. The van der Waals surface area contributed by atoms with E-state index in [-0.39, 0.29) is 20.9 Å². The molecule has 8 heteroatoms. The van der Waals surface area contributed by atoms with E-state index >= 15 is 0 Å². The Kier molecular flexibility index (Phi) is 14.9. The molecule has 212 valence electrons. The van der Waals surface area contributed by atoms with Crippen LogP contribution in [0.4, 0.5) is 0 Å². The van der Waals surface area contributed by atoms with Crippen molar-refractivity contribution in [1.29, 1.82) is 0 Å². The van der Waals surface area contributed by atoms with Gasteiger partial charge in [0, 0.05) is 0 Å². The van der Waals surface area contributed by atoms with Gasteiger partial charge in [0.25, 0.3) is 0 Å². The summed E-state index contributed by atoms with van der Waals surface area (Å²) in [5.41, 5.74) is -0.0367. The number of quaternary nitrogens is 1. The van der Waals surface area contributed by atoms with Gasteiger partial charge in [0.15, 0.2) is 0 Å². The van der Waals surface area contributed by atoms with Gasteiger partial charge in [-0.1, -0.05) is 53.4 Å². The molecule has 0 saturated carbocycles. The molecule has 0 fully saturated rings. The molecule has 0 aliphatic heterocycles. The fraction of sp³-hybridized carbons (Fsp3) is 0.533. The molecule has 38 heavy (non-hydrogen) atoms. The van der Waals surface area contributed by atoms with Crippen molar-refractivity contribution in [3.63, 3.8) is 0 Å². The Morgan fingerprint density at radius 1 is 0.579 bits per heavy atom. The number of benzene rings is 2. The van der Waals surface area contributed by atoms with Gasteiger partial charge in [0.1, 0.15) is 0 Å². The minimum absolute atomic E-state index is 0.0184. The highest BCUT2D eigenvalue weighted by Gasteiger charge is 2.24. The Bertz CT molecular complexity index is 978. The average Bonchev–Trinajstić information content (AvgIpc) is 2.92. The number of nitrogens with zero attached hydrogens (tertiary/aromatic N) is 1. The van der Waals surface area contributed by atoms with Crippen LogP contribution in [-0.2, 0) is 9.84 Å². The van der Waals surface area contributed by atoms with Crippen molar-refractivity contribution in [2.24, 2.45) is 0 Å². The number of hydrogen-bond donors (Lipinski definition) is 2. The van der Waals surface area contributed by atoms with Gasteiger partial charge in [0.05, 0.1) is 47.1 Å². The van der Waals surface area contributed by atoms with E-state index in [1.807, 2.05) is 0 Å². The highest BCUT2D eigenvalue weighted by atomic mass is 32.2. The lowest BCUT2D eigenvalue weighted by Crippen LogP contribution is -2.50. The van der Waals surface area contributed by atoms with Crippen molar-refractivity contribution >= 4 is 21.8 Å².